The number of rotatable bonds is 2. The van der Waals surface area contributed by atoms with Crippen LogP contribution < -0.4 is 5.56 Å². The summed E-state index contributed by atoms with van der Waals surface area (Å²) in [5, 5.41) is 0. The molecule has 3 rings (SSSR count). The van der Waals surface area contributed by atoms with Gasteiger partial charge in [0.2, 0.25) is 0 Å². The molecular weight excluding hydrogens is 280 g/mol. The third kappa shape index (κ3) is 2.56. The third-order valence-electron chi connectivity index (χ3n) is 4.42. The van der Waals surface area contributed by atoms with E-state index in [0.717, 1.165) is 18.5 Å². The summed E-state index contributed by atoms with van der Waals surface area (Å²) >= 11 is 0. The van der Waals surface area contributed by atoms with E-state index in [1.807, 2.05) is 23.8 Å². The molecule has 0 saturated carbocycles. The Bertz CT molecular complexity index is 733. The van der Waals surface area contributed by atoms with Gasteiger partial charge in [0.1, 0.15) is 5.56 Å². The number of amides is 1. The van der Waals surface area contributed by atoms with Crippen LogP contribution in [0.15, 0.2) is 35.6 Å². The molecule has 3 heterocycles. The van der Waals surface area contributed by atoms with Crippen LogP contribution in [0.3, 0.4) is 0 Å². The van der Waals surface area contributed by atoms with E-state index in [1.165, 1.54) is 4.57 Å². The molecule has 0 spiro atoms. The predicted octanol–water partition coefficient (Wildman–Crippen LogP) is 1.37. The van der Waals surface area contributed by atoms with Crippen molar-refractivity contribution in [3.05, 3.63) is 52.5 Å². The lowest BCUT2D eigenvalue weighted by atomic mass is 10.0. The first-order valence-corrected chi connectivity index (χ1v) is 7.51. The largest absolute Gasteiger partial charge is 0.336 e. The van der Waals surface area contributed by atoms with Crippen molar-refractivity contribution in [1.29, 1.82) is 0 Å². The zero-order valence-corrected chi connectivity index (χ0v) is 12.9. The molecule has 6 heteroatoms. The Balaban J connectivity index is 1.83. The van der Waals surface area contributed by atoms with Gasteiger partial charge in [-0.05, 0) is 31.9 Å². The number of aromatic nitrogens is 3. The van der Waals surface area contributed by atoms with E-state index in [2.05, 4.69) is 4.98 Å². The second-order valence-corrected chi connectivity index (χ2v) is 5.81. The van der Waals surface area contributed by atoms with Crippen LogP contribution in [0, 0.1) is 6.92 Å². The Morgan fingerprint density at radius 3 is 2.91 bits per heavy atom. The molecule has 1 fully saturated rings. The summed E-state index contributed by atoms with van der Waals surface area (Å²) in [4.78, 5) is 30.8. The van der Waals surface area contributed by atoms with Crippen LogP contribution >= 0.6 is 0 Å². The topological polar surface area (TPSA) is 60.1 Å². The molecule has 1 saturated heterocycles. The minimum atomic E-state index is -0.227. The zero-order chi connectivity index (χ0) is 15.7. The highest BCUT2D eigenvalue weighted by Gasteiger charge is 2.26. The van der Waals surface area contributed by atoms with Crippen LogP contribution in [0.4, 0.5) is 0 Å². The van der Waals surface area contributed by atoms with Crippen molar-refractivity contribution < 1.29 is 4.79 Å². The van der Waals surface area contributed by atoms with Crippen LogP contribution in [-0.4, -0.2) is 38.0 Å². The van der Waals surface area contributed by atoms with Gasteiger partial charge in [-0.15, -0.1) is 0 Å². The molecule has 1 unspecified atom stereocenters. The highest BCUT2D eigenvalue weighted by Crippen LogP contribution is 2.22. The molecule has 2 aromatic rings. The maximum atomic E-state index is 12.7. The lowest BCUT2D eigenvalue weighted by Crippen LogP contribution is -2.43. The molecule has 116 valence electrons. The third-order valence-corrected chi connectivity index (χ3v) is 4.42. The van der Waals surface area contributed by atoms with Crippen molar-refractivity contribution in [3.8, 4) is 0 Å². The van der Waals surface area contributed by atoms with Crippen molar-refractivity contribution in [2.75, 3.05) is 13.1 Å². The lowest BCUT2D eigenvalue weighted by molar-refractivity contribution is 0.0677. The van der Waals surface area contributed by atoms with Crippen LogP contribution in [0.5, 0.6) is 0 Å². The highest BCUT2D eigenvalue weighted by atomic mass is 16.2. The maximum Gasteiger partial charge on any atom is 0.263 e. The van der Waals surface area contributed by atoms with Gasteiger partial charge in [0.15, 0.2) is 0 Å². The van der Waals surface area contributed by atoms with E-state index >= 15 is 0 Å². The minimum absolute atomic E-state index is 0.176. The van der Waals surface area contributed by atoms with Crippen LogP contribution in [0.2, 0.25) is 0 Å². The number of hydrogen-bond donors (Lipinski definition) is 0. The van der Waals surface area contributed by atoms with E-state index in [0.29, 0.717) is 13.1 Å². The second kappa shape index (κ2) is 5.79. The van der Waals surface area contributed by atoms with Crippen molar-refractivity contribution in [3.63, 3.8) is 0 Å². The molecule has 0 bridgehead atoms. The molecule has 0 aliphatic carbocycles. The molecule has 6 nitrogen and oxygen atoms in total. The number of carbonyl (C=O) groups is 1. The zero-order valence-electron chi connectivity index (χ0n) is 12.9. The summed E-state index contributed by atoms with van der Waals surface area (Å²) < 4.78 is 3.55. The number of pyridine rings is 1. The number of imidazole rings is 1. The first-order valence-electron chi connectivity index (χ1n) is 7.51. The van der Waals surface area contributed by atoms with Crippen LogP contribution in [0.1, 0.15) is 34.9 Å². The smallest absolute Gasteiger partial charge is 0.263 e. The molecule has 1 atom stereocenters. The van der Waals surface area contributed by atoms with E-state index in [9.17, 15) is 9.59 Å². The van der Waals surface area contributed by atoms with Crippen molar-refractivity contribution in [1.82, 2.24) is 19.0 Å². The second-order valence-electron chi connectivity index (χ2n) is 5.81. The summed E-state index contributed by atoms with van der Waals surface area (Å²) in [6.45, 7) is 3.17. The number of likely N-dealkylation sites (tertiary alicyclic amines) is 1. The number of piperidine rings is 1. The first kappa shape index (κ1) is 14.6. The quantitative estimate of drug-likeness (QED) is 0.841. The molecule has 1 amide bonds. The van der Waals surface area contributed by atoms with Gasteiger partial charge in [-0.1, -0.05) is 0 Å². The maximum absolute atomic E-state index is 12.7. The molecular formula is C16H20N4O2. The van der Waals surface area contributed by atoms with Gasteiger partial charge < -0.3 is 14.0 Å². The van der Waals surface area contributed by atoms with Gasteiger partial charge in [0.25, 0.3) is 11.5 Å². The Labute approximate surface area is 129 Å². The Hall–Kier alpha value is -2.37. The monoisotopic (exact) mass is 300 g/mol. The fraction of sp³-hybridized carbons (Fsp3) is 0.438. The van der Waals surface area contributed by atoms with Gasteiger partial charge in [-0.2, -0.15) is 0 Å². The average Bonchev–Trinajstić information content (AvgIpc) is 3.07. The van der Waals surface area contributed by atoms with Gasteiger partial charge in [0.05, 0.1) is 12.4 Å². The SMILES string of the molecule is Cc1ccc(C(=O)N2CCCC(n3ccnc3)C2)c(=O)n1C. The molecule has 0 radical (unpaired) electrons. The van der Waals surface area contributed by atoms with Gasteiger partial charge in [-0.25, -0.2) is 4.98 Å². The molecule has 22 heavy (non-hydrogen) atoms. The van der Waals surface area contributed by atoms with E-state index in [1.54, 1.807) is 30.5 Å². The first-order chi connectivity index (χ1) is 10.6. The number of aryl methyl sites for hydroxylation is 1. The van der Waals surface area contributed by atoms with E-state index in [4.69, 9.17) is 0 Å². The molecule has 1 aliphatic heterocycles. The fourth-order valence-corrected chi connectivity index (χ4v) is 2.93. The Kier molecular flexibility index (Phi) is 3.83. The number of carbonyl (C=O) groups excluding carboxylic acids is 1. The Morgan fingerprint density at radius 2 is 2.18 bits per heavy atom. The summed E-state index contributed by atoms with van der Waals surface area (Å²) in [6.07, 6.45) is 7.40. The predicted molar refractivity (Wildman–Crippen MR) is 82.8 cm³/mol. The van der Waals surface area contributed by atoms with Gasteiger partial charge >= 0.3 is 0 Å². The summed E-state index contributed by atoms with van der Waals surface area (Å²) in [6, 6.07) is 3.68. The van der Waals surface area contributed by atoms with Gasteiger partial charge in [0, 0.05) is 38.2 Å². The van der Waals surface area contributed by atoms with Crippen molar-refractivity contribution >= 4 is 5.91 Å². The van der Waals surface area contributed by atoms with Crippen molar-refractivity contribution in [2.24, 2.45) is 7.05 Å². The normalized spacial score (nSPS) is 18.5. The lowest BCUT2D eigenvalue weighted by Gasteiger charge is -2.33. The Morgan fingerprint density at radius 1 is 1.36 bits per heavy atom. The molecule has 1 aliphatic rings. The highest BCUT2D eigenvalue weighted by molar-refractivity contribution is 5.94. The van der Waals surface area contributed by atoms with Crippen molar-refractivity contribution in [2.45, 2.75) is 25.8 Å². The van der Waals surface area contributed by atoms with E-state index in [-0.39, 0.29) is 23.1 Å². The van der Waals surface area contributed by atoms with Gasteiger partial charge in [-0.3, -0.25) is 9.59 Å². The van der Waals surface area contributed by atoms with Crippen LogP contribution in [0.25, 0.3) is 0 Å². The number of hydrogen-bond acceptors (Lipinski definition) is 3. The molecule has 2 aromatic heterocycles. The fourth-order valence-electron chi connectivity index (χ4n) is 2.93. The average molecular weight is 300 g/mol. The van der Waals surface area contributed by atoms with E-state index < -0.39 is 0 Å². The van der Waals surface area contributed by atoms with Crippen LogP contribution in [-0.2, 0) is 7.05 Å². The summed E-state index contributed by atoms with van der Waals surface area (Å²) in [7, 11) is 1.69. The standard InChI is InChI=1S/C16H20N4O2/c1-12-5-6-14(15(21)18(12)2)16(22)19-8-3-4-13(10-19)20-9-7-17-11-20/h5-7,9,11,13H,3-4,8,10H2,1-2H3. The number of nitrogens with zero attached hydrogens (tertiary/aromatic N) is 4. The molecule has 0 aromatic carbocycles. The molecule has 0 N–H and O–H groups in total. The summed E-state index contributed by atoms with van der Waals surface area (Å²) in [5.74, 6) is -0.176. The minimum Gasteiger partial charge on any atom is -0.336 e. The summed E-state index contributed by atoms with van der Waals surface area (Å²) in [5.41, 5.74) is 0.866.